The quantitative estimate of drug-likeness (QED) is 0.612. The molecule has 0 atom stereocenters. The highest BCUT2D eigenvalue weighted by Gasteiger charge is 2.08. The Balaban J connectivity index is 2.51. The van der Waals surface area contributed by atoms with Crippen LogP contribution in [-0.2, 0) is 16.1 Å². The summed E-state index contributed by atoms with van der Waals surface area (Å²) < 4.78 is 11.0. The highest BCUT2D eigenvalue weighted by atomic mass is 16.5. The van der Waals surface area contributed by atoms with Gasteiger partial charge in [-0.2, -0.15) is 0 Å². The molecule has 1 aromatic rings. The van der Waals surface area contributed by atoms with Crippen molar-refractivity contribution in [3.8, 4) is 11.5 Å². The highest BCUT2D eigenvalue weighted by Crippen LogP contribution is 2.28. The lowest BCUT2D eigenvalue weighted by Crippen LogP contribution is -2.23. The zero-order chi connectivity index (χ0) is 17.1. The molecule has 0 aliphatic rings. The lowest BCUT2D eigenvalue weighted by atomic mass is 10.2. The van der Waals surface area contributed by atoms with E-state index in [0.717, 1.165) is 24.8 Å². The molecule has 0 fully saturated rings. The van der Waals surface area contributed by atoms with Crippen molar-refractivity contribution in [1.29, 1.82) is 0 Å². The molecule has 1 aromatic carbocycles. The summed E-state index contributed by atoms with van der Waals surface area (Å²) in [5, 5.41) is 11.2. The summed E-state index contributed by atoms with van der Waals surface area (Å²) in [5.41, 5.74) is 0.867. The van der Waals surface area contributed by atoms with E-state index in [-0.39, 0.29) is 18.7 Å². The van der Waals surface area contributed by atoms with E-state index < -0.39 is 5.97 Å². The third kappa shape index (κ3) is 7.54. The van der Waals surface area contributed by atoms with Gasteiger partial charge in [-0.05, 0) is 24.1 Å². The van der Waals surface area contributed by atoms with E-state index in [1.165, 1.54) is 0 Å². The molecule has 23 heavy (non-hydrogen) atoms. The second-order valence-electron chi connectivity index (χ2n) is 5.21. The maximum Gasteiger partial charge on any atom is 0.303 e. The molecule has 1 rings (SSSR count). The molecular weight excluding hydrogens is 298 g/mol. The van der Waals surface area contributed by atoms with E-state index in [1.807, 2.05) is 18.2 Å². The Morgan fingerprint density at radius 1 is 1.17 bits per heavy atom. The van der Waals surface area contributed by atoms with Crippen molar-refractivity contribution >= 4 is 11.9 Å². The molecule has 0 aromatic heterocycles. The number of hydrogen-bond donors (Lipinski definition) is 2. The molecule has 0 aliphatic heterocycles. The summed E-state index contributed by atoms with van der Waals surface area (Å²) in [4.78, 5) is 21.9. The van der Waals surface area contributed by atoms with E-state index in [2.05, 4.69) is 12.2 Å². The number of benzene rings is 1. The van der Waals surface area contributed by atoms with Gasteiger partial charge in [0.25, 0.3) is 0 Å². The Kier molecular flexibility index (Phi) is 8.57. The van der Waals surface area contributed by atoms with Crippen LogP contribution in [0.1, 0.15) is 44.6 Å². The van der Waals surface area contributed by atoms with Crippen LogP contribution in [0.4, 0.5) is 0 Å². The summed E-state index contributed by atoms with van der Waals surface area (Å²) in [5.74, 6) is 0.0426. The lowest BCUT2D eigenvalue weighted by molar-refractivity contribution is -0.138. The van der Waals surface area contributed by atoms with Crippen molar-refractivity contribution in [2.45, 2.75) is 45.6 Å². The molecule has 0 aliphatic carbocycles. The Labute approximate surface area is 136 Å². The molecule has 0 saturated carbocycles. The fraction of sp³-hybridized carbons (Fsp3) is 0.529. The molecule has 0 radical (unpaired) electrons. The number of rotatable bonds is 11. The van der Waals surface area contributed by atoms with E-state index >= 15 is 0 Å². The first-order chi connectivity index (χ1) is 11.1. The van der Waals surface area contributed by atoms with Gasteiger partial charge in [-0.15, -0.1) is 0 Å². The zero-order valence-corrected chi connectivity index (χ0v) is 13.8. The van der Waals surface area contributed by atoms with Gasteiger partial charge in [-0.25, -0.2) is 0 Å². The number of carboxylic acids is 1. The summed E-state index contributed by atoms with van der Waals surface area (Å²) in [6, 6.07) is 5.49. The van der Waals surface area contributed by atoms with Crippen molar-refractivity contribution in [1.82, 2.24) is 5.32 Å². The van der Waals surface area contributed by atoms with Crippen LogP contribution in [0.2, 0.25) is 0 Å². The first kappa shape index (κ1) is 18.8. The third-order valence-electron chi connectivity index (χ3n) is 3.29. The van der Waals surface area contributed by atoms with Crippen LogP contribution < -0.4 is 14.8 Å². The van der Waals surface area contributed by atoms with Crippen molar-refractivity contribution in [2.75, 3.05) is 13.7 Å². The van der Waals surface area contributed by atoms with Crippen LogP contribution in [0.3, 0.4) is 0 Å². The number of carbonyl (C=O) groups is 2. The minimum atomic E-state index is -0.980. The number of carbonyl (C=O) groups excluding carboxylic acids is 1. The number of unbranched alkanes of at least 4 members (excludes halogenated alkanes) is 2. The van der Waals surface area contributed by atoms with Crippen molar-refractivity contribution < 1.29 is 24.2 Å². The minimum absolute atomic E-state index is 0.0227. The predicted octanol–water partition coefficient (Wildman–Crippen LogP) is 2.75. The first-order valence-electron chi connectivity index (χ1n) is 7.85. The van der Waals surface area contributed by atoms with E-state index in [4.69, 9.17) is 14.6 Å². The van der Waals surface area contributed by atoms with Gasteiger partial charge >= 0.3 is 5.97 Å². The normalized spacial score (nSPS) is 10.2. The molecule has 2 N–H and O–H groups in total. The van der Waals surface area contributed by atoms with Crippen LogP contribution in [0.25, 0.3) is 0 Å². The maximum atomic E-state index is 11.5. The number of methoxy groups -OCH3 is 1. The molecule has 1 amide bonds. The van der Waals surface area contributed by atoms with Crippen molar-refractivity contribution in [2.24, 2.45) is 0 Å². The number of hydrogen-bond acceptors (Lipinski definition) is 4. The van der Waals surface area contributed by atoms with Gasteiger partial charge in [-0.1, -0.05) is 25.8 Å². The van der Waals surface area contributed by atoms with Gasteiger partial charge < -0.3 is 19.9 Å². The molecule has 6 heteroatoms. The topological polar surface area (TPSA) is 84.9 Å². The van der Waals surface area contributed by atoms with Gasteiger partial charge in [-0.3, -0.25) is 9.59 Å². The highest BCUT2D eigenvalue weighted by molar-refractivity contribution is 5.80. The molecular formula is C17H25NO5. The summed E-state index contributed by atoms with van der Waals surface area (Å²) in [7, 11) is 1.57. The van der Waals surface area contributed by atoms with Gasteiger partial charge in [0.05, 0.1) is 20.1 Å². The predicted molar refractivity (Wildman–Crippen MR) is 86.7 cm³/mol. The molecule has 6 nitrogen and oxygen atoms in total. The molecule has 0 spiro atoms. The summed E-state index contributed by atoms with van der Waals surface area (Å²) in [6.07, 6.45) is 3.08. The molecule has 0 saturated heterocycles. The summed E-state index contributed by atoms with van der Waals surface area (Å²) in [6.45, 7) is 3.11. The van der Waals surface area contributed by atoms with Gasteiger partial charge in [0, 0.05) is 13.0 Å². The molecule has 128 valence electrons. The van der Waals surface area contributed by atoms with E-state index in [9.17, 15) is 9.59 Å². The van der Waals surface area contributed by atoms with Crippen LogP contribution in [0, 0.1) is 0 Å². The monoisotopic (exact) mass is 323 g/mol. The number of aliphatic carboxylic acids is 1. The molecule has 0 unspecified atom stereocenters. The van der Waals surface area contributed by atoms with Crippen LogP contribution >= 0.6 is 0 Å². The molecule has 0 bridgehead atoms. The number of nitrogens with one attached hydrogen (secondary N) is 1. The fourth-order valence-electron chi connectivity index (χ4n) is 1.98. The lowest BCUT2D eigenvalue weighted by Gasteiger charge is -2.12. The SMILES string of the molecule is CCCCCOc1ccc(CNC(=O)CCC(=O)O)cc1OC. The Hall–Kier alpha value is -2.24. The Morgan fingerprint density at radius 2 is 1.96 bits per heavy atom. The van der Waals surface area contributed by atoms with Crippen LogP contribution in [0.5, 0.6) is 11.5 Å². The van der Waals surface area contributed by atoms with Crippen molar-refractivity contribution in [3.63, 3.8) is 0 Å². The van der Waals surface area contributed by atoms with Crippen LogP contribution in [0.15, 0.2) is 18.2 Å². The van der Waals surface area contributed by atoms with E-state index in [1.54, 1.807) is 7.11 Å². The Bertz CT molecular complexity index is 516. The molecule has 0 heterocycles. The first-order valence-corrected chi connectivity index (χ1v) is 7.85. The van der Waals surface area contributed by atoms with E-state index in [0.29, 0.717) is 24.7 Å². The minimum Gasteiger partial charge on any atom is -0.493 e. The number of carboxylic acid groups (broad SMARTS) is 1. The summed E-state index contributed by atoms with van der Waals surface area (Å²) >= 11 is 0. The van der Waals surface area contributed by atoms with Crippen molar-refractivity contribution in [3.05, 3.63) is 23.8 Å². The van der Waals surface area contributed by atoms with Crippen LogP contribution in [-0.4, -0.2) is 30.7 Å². The van der Waals surface area contributed by atoms with Gasteiger partial charge in [0.2, 0.25) is 5.91 Å². The second-order valence-corrected chi connectivity index (χ2v) is 5.21. The third-order valence-corrected chi connectivity index (χ3v) is 3.29. The zero-order valence-electron chi connectivity index (χ0n) is 13.8. The average molecular weight is 323 g/mol. The number of ether oxygens (including phenoxy) is 2. The maximum absolute atomic E-state index is 11.5. The standard InChI is InChI=1S/C17H25NO5/c1-3-4-5-10-23-14-7-6-13(11-15(14)22-2)12-18-16(19)8-9-17(20)21/h6-7,11H,3-5,8-10,12H2,1-2H3,(H,18,19)(H,20,21). The smallest absolute Gasteiger partial charge is 0.303 e. The largest absolute Gasteiger partial charge is 0.493 e. The average Bonchev–Trinajstić information content (AvgIpc) is 2.55. The van der Waals surface area contributed by atoms with Gasteiger partial charge in [0.15, 0.2) is 11.5 Å². The van der Waals surface area contributed by atoms with Gasteiger partial charge in [0.1, 0.15) is 0 Å². The fourth-order valence-corrected chi connectivity index (χ4v) is 1.98. The second kappa shape index (κ2) is 10.5. The Morgan fingerprint density at radius 3 is 2.61 bits per heavy atom. The number of amides is 1.